The van der Waals surface area contributed by atoms with Crippen LogP contribution in [0.5, 0.6) is 0 Å². The third-order valence-corrected chi connectivity index (χ3v) is 4.31. The van der Waals surface area contributed by atoms with Crippen LogP contribution in [0.1, 0.15) is 11.1 Å². The van der Waals surface area contributed by atoms with Crippen molar-refractivity contribution in [3.05, 3.63) is 76.4 Å². The first-order valence-corrected chi connectivity index (χ1v) is 8.33. The predicted molar refractivity (Wildman–Crippen MR) is 100 cm³/mol. The maximum Gasteiger partial charge on any atom is 0.424 e. The molecule has 0 radical (unpaired) electrons. The molecule has 6 nitrogen and oxygen atoms in total. The van der Waals surface area contributed by atoms with Gasteiger partial charge >= 0.3 is 11.9 Å². The lowest BCUT2D eigenvalue weighted by Gasteiger charge is -2.10. The number of nitrogens with two attached hydrogens (primary N) is 1. The molecule has 9 heteroatoms. The molecular weight excluding hydrogens is 387 g/mol. The van der Waals surface area contributed by atoms with Gasteiger partial charge in [0.25, 0.3) is 0 Å². The Hall–Kier alpha value is -3.88. The number of hydrogen-bond acceptors (Lipinski definition) is 4. The Morgan fingerprint density at radius 3 is 2.69 bits per heavy atom. The molecular formula is C20H12F3N3O3. The number of carbonyl (C=O) groups is 1. The monoisotopic (exact) mass is 399 g/mol. The summed E-state index contributed by atoms with van der Waals surface area (Å²) in [6.07, 6.45) is -0.574. The third kappa shape index (κ3) is 3.38. The van der Waals surface area contributed by atoms with E-state index in [1.165, 1.54) is 30.5 Å². The van der Waals surface area contributed by atoms with Gasteiger partial charge in [-0.3, -0.25) is 9.78 Å². The molecule has 0 saturated heterocycles. The van der Waals surface area contributed by atoms with Crippen LogP contribution in [0.4, 0.5) is 13.2 Å². The molecule has 4 aromatic rings. The van der Waals surface area contributed by atoms with E-state index in [-0.39, 0.29) is 16.8 Å². The van der Waals surface area contributed by atoms with E-state index in [0.717, 1.165) is 16.7 Å². The van der Waals surface area contributed by atoms with Crippen molar-refractivity contribution in [2.45, 2.75) is 6.18 Å². The molecule has 0 aliphatic heterocycles. The lowest BCUT2D eigenvalue weighted by atomic mass is 10.1. The van der Waals surface area contributed by atoms with Gasteiger partial charge in [-0.2, -0.15) is 13.2 Å². The Morgan fingerprint density at radius 1 is 1.17 bits per heavy atom. The number of fused-ring (bicyclic) bond motifs is 3. The van der Waals surface area contributed by atoms with Gasteiger partial charge < -0.3 is 10.2 Å². The number of carbonyl (C=O) groups excluding carboxylic acids is 1. The molecule has 0 fully saturated rings. The predicted octanol–water partition coefficient (Wildman–Crippen LogP) is 3.65. The first-order valence-electron chi connectivity index (χ1n) is 8.33. The summed E-state index contributed by atoms with van der Waals surface area (Å²) in [6, 6.07) is 9.38. The Balaban J connectivity index is 2.02. The van der Waals surface area contributed by atoms with Gasteiger partial charge in [0.05, 0.1) is 23.0 Å². The number of amides is 1. The second-order valence-electron chi connectivity index (χ2n) is 6.23. The molecule has 0 saturated carbocycles. The summed E-state index contributed by atoms with van der Waals surface area (Å²) in [4.78, 5) is 27.6. The summed E-state index contributed by atoms with van der Waals surface area (Å²) < 4.78 is 45.6. The molecule has 2 aromatic heterocycles. The van der Waals surface area contributed by atoms with Crippen molar-refractivity contribution < 1.29 is 22.4 Å². The number of primary amides is 1. The summed E-state index contributed by atoms with van der Waals surface area (Å²) in [5.41, 5.74) is 5.71. The van der Waals surface area contributed by atoms with Crippen molar-refractivity contribution >= 4 is 34.0 Å². The number of pyridine rings is 1. The molecule has 0 bridgehead atoms. The van der Waals surface area contributed by atoms with Crippen LogP contribution in [-0.4, -0.2) is 15.5 Å². The average molecular weight is 399 g/mol. The SMILES string of the molecule is NC(=O)/C=C/c1ccc2ncc3oc(=O)n(-c4cccc(C(F)(F)F)c4)c3c2c1. The lowest BCUT2D eigenvalue weighted by Crippen LogP contribution is -2.13. The fourth-order valence-electron chi connectivity index (χ4n) is 3.05. The number of nitrogens with zero attached hydrogens (tertiary/aromatic N) is 2. The van der Waals surface area contributed by atoms with E-state index in [2.05, 4.69) is 4.98 Å². The van der Waals surface area contributed by atoms with Gasteiger partial charge in [0.2, 0.25) is 5.91 Å². The molecule has 0 aliphatic carbocycles. The molecule has 0 unspecified atom stereocenters. The first kappa shape index (κ1) is 18.5. The number of aromatic nitrogens is 2. The third-order valence-electron chi connectivity index (χ3n) is 4.31. The summed E-state index contributed by atoms with van der Waals surface area (Å²) in [5, 5.41) is 0.470. The highest BCUT2D eigenvalue weighted by Gasteiger charge is 2.31. The Morgan fingerprint density at radius 2 is 1.97 bits per heavy atom. The molecule has 0 aliphatic rings. The highest BCUT2D eigenvalue weighted by molar-refractivity contribution is 6.03. The second-order valence-corrected chi connectivity index (χ2v) is 6.23. The Kier molecular flexibility index (Phi) is 4.22. The highest BCUT2D eigenvalue weighted by atomic mass is 19.4. The maximum absolute atomic E-state index is 13.1. The van der Waals surface area contributed by atoms with Gasteiger partial charge in [0.15, 0.2) is 5.58 Å². The van der Waals surface area contributed by atoms with Gasteiger partial charge in [-0.25, -0.2) is 9.36 Å². The first-order chi connectivity index (χ1) is 13.7. The van der Waals surface area contributed by atoms with E-state index in [1.54, 1.807) is 18.2 Å². The van der Waals surface area contributed by atoms with E-state index in [4.69, 9.17) is 10.2 Å². The number of alkyl halides is 3. The van der Waals surface area contributed by atoms with Crippen molar-refractivity contribution in [2.75, 3.05) is 0 Å². The summed E-state index contributed by atoms with van der Waals surface area (Å²) in [6.45, 7) is 0. The maximum atomic E-state index is 13.1. The summed E-state index contributed by atoms with van der Waals surface area (Å²) in [7, 11) is 0. The zero-order valence-electron chi connectivity index (χ0n) is 14.6. The highest BCUT2D eigenvalue weighted by Crippen LogP contribution is 2.32. The molecule has 29 heavy (non-hydrogen) atoms. The van der Waals surface area contributed by atoms with Gasteiger partial charge in [-0.15, -0.1) is 0 Å². The van der Waals surface area contributed by atoms with E-state index >= 15 is 0 Å². The fourth-order valence-corrected chi connectivity index (χ4v) is 3.05. The van der Waals surface area contributed by atoms with Crippen LogP contribution in [0.15, 0.2) is 63.9 Å². The average Bonchev–Trinajstić information content (AvgIpc) is 3.02. The van der Waals surface area contributed by atoms with Crippen LogP contribution in [0.25, 0.3) is 33.8 Å². The smallest absolute Gasteiger partial charge is 0.406 e. The second kappa shape index (κ2) is 6.62. The van der Waals surface area contributed by atoms with Crippen LogP contribution in [-0.2, 0) is 11.0 Å². The van der Waals surface area contributed by atoms with Crippen molar-refractivity contribution in [1.82, 2.24) is 9.55 Å². The number of halogens is 3. The van der Waals surface area contributed by atoms with Gasteiger partial charge in [-0.1, -0.05) is 12.1 Å². The minimum Gasteiger partial charge on any atom is -0.406 e. The van der Waals surface area contributed by atoms with Crippen LogP contribution in [0.2, 0.25) is 0 Å². The van der Waals surface area contributed by atoms with Crippen LogP contribution in [0, 0.1) is 0 Å². The largest absolute Gasteiger partial charge is 0.424 e. The van der Waals surface area contributed by atoms with Crippen LogP contribution >= 0.6 is 0 Å². The molecule has 2 aromatic carbocycles. The zero-order chi connectivity index (χ0) is 20.8. The number of rotatable bonds is 3. The molecule has 0 atom stereocenters. The molecule has 146 valence electrons. The normalized spacial score (nSPS) is 12.2. The molecule has 2 heterocycles. The minimum absolute atomic E-state index is 0.00848. The standard InChI is InChI=1S/C20H12F3N3O3/c21-20(22,23)12-2-1-3-13(9-12)26-18-14-8-11(5-7-17(24)27)4-6-15(14)25-10-16(18)29-19(26)28/h1-10H,(H2,24,27)/b7-5+. The number of oxazole rings is 1. The van der Waals surface area contributed by atoms with Gasteiger partial charge in [0, 0.05) is 11.5 Å². The van der Waals surface area contributed by atoms with Gasteiger partial charge in [-0.05, 0) is 42.0 Å². The zero-order valence-corrected chi connectivity index (χ0v) is 14.6. The lowest BCUT2D eigenvalue weighted by molar-refractivity contribution is -0.137. The quantitative estimate of drug-likeness (QED) is 0.533. The van der Waals surface area contributed by atoms with Crippen LogP contribution < -0.4 is 11.5 Å². The van der Waals surface area contributed by atoms with E-state index < -0.39 is 23.4 Å². The summed E-state index contributed by atoms with van der Waals surface area (Å²) in [5.74, 6) is -1.47. The van der Waals surface area contributed by atoms with Crippen molar-refractivity contribution in [2.24, 2.45) is 5.73 Å². The van der Waals surface area contributed by atoms with Crippen LogP contribution in [0.3, 0.4) is 0 Å². The summed E-state index contributed by atoms with van der Waals surface area (Å²) >= 11 is 0. The molecule has 4 rings (SSSR count). The van der Waals surface area contributed by atoms with Crippen molar-refractivity contribution in [1.29, 1.82) is 0 Å². The van der Waals surface area contributed by atoms with E-state index in [9.17, 15) is 22.8 Å². The number of benzene rings is 2. The molecule has 1 amide bonds. The molecule has 2 N–H and O–H groups in total. The van der Waals surface area contributed by atoms with Crippen molar-refractivity contribution in [3.63, 3.8) is 0 Å². The molecule has 0 spiro atoms. The van der Waals surface area contributed by atoms with Gasteiger partial charge in [0.1, 0.15) is 5.52 Å². The van der Waals surface area contributed by atoms with E-state index in [1.807, 2.05) is 0 Å². The Bertz CT molecular complexity index is 1350. The topological polar surface area (TPSA) is 91.1 Å². The minimum atomic E-state index is -4.56. The number of hydrogen-bond donors (Lipinski definition) is 1. The van der Waals surface area contributed by atoms with Crippen molar-refractivity contribution in [3.8, 4) is 5.69 Å². The fraction of sp³-hybridized carbons (Fsp3) is 0.0500. The Labute approximate surface area is 160 Å². The van der Waals surface area contributed by atoms with E-state index in [0.29, 0.717) is 16.5 Å².